The van der Waals surface area contributed by atoms with Gasteiger partial charge in [-0.1, -0.05) is 54.6 Å². The van der Waals surface area contributed by atoms with Crippen LogP contribution in [-0.2, 0) is 18.3 Å². The largest absolute Gasteiger partial charge is 0.483 e. The fourth-order valence-electron chi connectivity index (χ4n) is 2.75. The van der Waals surface area contributed by atoms with Crippen LogP contribution in [0.4, 0.5) is 5.69 Å². The smallest absolute Gasteiger partial charge is 0.234 e. The molecule has 0 unspecified atom stereocenters. The first-order chi connectivity index (χ1) is 14.0. The van der Waals surface area contributed by atoms with Crippen molar-refractivity contribution >= 4 is 35.0 Å². The molecule has 0 radical (unpaired) electrons. The van der Waals surface area contributed by atoms with Crippen molar-refractivity contribution in [3.05, 3.63) is 64.9 Å². The molecule has 0 aliphatic carbocycles. The Labute approximate surface area is 179 Å². The van der Waals surface area contributed by atoms with E-state index in [2.05, 4.69) is 34.6 Å². The number of aryl methyl sites for hydroxylation is 1. The molecular formula is C21H23ClN4O2S. The van der Waals surface area contributed by atoms with Gasteiger partial charge in [-0.2, -0.15) is 0 Å². The normalized spacial score (nSPS) is 11.9. The second-order valence-corrected chi connectivity index (χ2v) is 7.82. The van der Waals surface area contributed by atoms with E-state index in [-0.39, 0.29) is 17.8 Å². The van der Waals surface area contributed by atoms with Crippen LogP contribution in [0, 0.1) is 0 Å². The number of aromatic nitrogens is 3. The van der Waals surface area contributed by atoms with Crippen LogP contribution in [0.3, 0.4) is 0 Å². The molecule has 1 amide bonds. The number of carbonyl (C=O) groups is 1. The summed E-state index contributed by atoms with van der Waals surface area (Å²) < 4.78 is 7.83. The predicted molar refractivity (Wildman–Crippen MR) is 117 cm³/mol. The van der Waals surface area contributed by atoms with Gasteiger partial charge in [-0.05, 0) is 43.2 Å². The third-order valence-corrected chi connectivity index (χ3v) is 5.71. The number of carbonyl (C=O) groups excluding carboxylic acids is 1. The van der Waals surface area contributed by atoms with Gasteiger partial charge in [0.25, 0.3) is 0 Å². The fraction of sp³-hybridized carbons (Fsp3) is 0.286. The van der Waals surface area contributed by atoms with E-state index in [9.17, 15) is 4.79 Å². The Morgan fingerprint density at radius 1 is 1.21 bits per heavy atom. The molecule has 0 fully saturated rings. The van der Waals surface area contributed by atoms with Gasteiger partial charge in [-0.25, -0.2) is 0 Å². The molecule has 1 N–H and O–H groups in total. The standard InChI is InChI=1S/C21H23ClN4O2S/c1-4-15-9-11-16(12-10-15)28-14(2)20-24-25-21(26(20)3)29-13-19(27)23-18-8-6-5-7-17(18)22/h5-12,14H,4,13H2,1-3H3,(H,23,27)/t14-/m0/s1. The van der Waals surface area contributed by atoms with Gasteiger partial charge in [0.1, 0.15) is 5.75 Å². The minimum Gasteiger partial charge on any atom is -0.483 e. The van der Waals surface area contributed by atoms with Gasteiger partial charge in [-0.3, -0.25) is 4.79 Å². The molecule has 152 valence electrons. The molecule has 0 saturated carbocycles. The average molecular weight is 431 g/mol. The first-order valence-corrected chi connectivity index (χ1v) is 10.7. The first-order valence-electron chi connectivity index (χ1n) is 9.30. The lowest BCUT2D eigenvalue weighted by Gasteiger charge is -2.14. The zero-order valence-corrected chi connectivity index (χ0v) is 18.1. The van der Waals surface area contributed by atoms with Crippen molar-refractivity contribution in [3.63, 3.8) is 0 Å². The molecule has 1 atom stereocenters. The number of ether oxygens (including phenoxy) is 1. The highest BCUT2D eigenvalue weighted by Crippen LogP contribution is 2.25. The summed E-state index contributed by atoms with van der Waals surface area (Å²) in [4.78, 5) is 12.2. The average Bonchev–Trinajstić information content (AvgIpc) is 3.09. The maximum Gasteiger partial charge on any atom is 0.234 e. The van der Waals surface area contributed by atoms with Crippen LogP contribution in [0.25, 0.3) is 0 Å². The third kappa shape index (κ3) is 5.52. The van der Waals surface area contributed by atoms with Gasteiger partial charge in [0.2, 0.25) is 5.91 Å². The van der Waals surface area contributed by atoms with Crippen LogP contribution in [0.5, 0.6) is 5.75 Å². The highest BCUT2D eigenvalue weighted by Gasteiger charge is 2.18. The van der Waals surface area contributed by atoms with Crippen molar-refractivity contribution in [1.82, 2.24) is 14.8 Å². The molecule has 0 spiro atoms. The molecule has 0 aliphatic heterocycles. The van der Waals surface area contributed by atoms with Gasteiger partial charge in [0.05, 0.1) is 16.5 Å². The van der Waals surface area contributed by atoms with E-state index in [1.807, 2.05) is 42.8 Å². The maximum atomic E-state index is 12.2. The number of amides is 1. The quantitative estimate of drug-likeness (QED) is 0.514. The summed E-state index contributed by atoms with van der Waals surface area (Å²) in [6.45, 7) is 4.04. The van der Waals surface area contributed by atoms with Crippen LogP contribution in [0.15, 0.2) is 53.7 Å². The van der Waals surface area contributed by atoms with Crippen molar-refractivity contribution in [3.8, 4) is 5.75 Å². The number of anilines is 1. The number of hydrogen-bond acceptors (Lipinski definition) is 5. The minimum absolute atomic E-state index is 0.159. The zero-order chi connectivity index (χ0) is 20.8. The van der Waals surface area contributed by atoms with Crippen molar-refractivity contribution in [2.45, 2.75) is 31.5 Å². The summed E-state index contributed by atoms with van der Waals surface area (Å²) in [7, 11) is 1.86. The van der Waals surface area contributed by atoms with E-state index < -0.39 is 0 Å². The van der Waals surface area contributed by atoms with E-state index >= 15 is 0 Å². The summed E-state index contributed by atoms with van der Waals surface area (Å²) in [6, 6.07) is 15.2. The van der Waals surface area contributed by atoms with Crippen LogP contribution in [0.1, 0.15) is 31.3 Å². The third-order valence-electron chi connectivity index (χ3n) is 4.36. The number of para-hydroxylation sites is 1. The van der Waals surface area contributed by atoms with Crippen LogP contribution >= 0.6 is 23.4 Å². The van der Waals surface area contributed by atoms with E-state index in [0.29, 0.717) is 21.7 Å². The highest BCUT2D eigenvalue weighted by atomic mass is 35.5. The van der Waals surface area contributed by atoms with Gasteiger partial charge >= 0.3 is 0 Å². The molecule has 0 saturated heterocycles. The molecule has 6 nitrogen and oxygen atoms in total. The van der Waals surface area contributed by atoms with Gasteiger partial charge in [-0.15, -0.1) is 10.2 Å². The molecule has 3 aromatic rings. The Balaban J connectivity index is 1.58. The number of hydrogen-bond donors (Lipinski definition) is 1. The predicted octanol–water partition coefficient (Wildman–Crippen LogP) is 4.90. The van der Waals surface area contributed by atoms with Crippen molar-refractivity contribution in [2.75, 3.05) is 11.1 Å². The Hall–Kier alpha value is -2.51. The van der Waals surface area contributed by atoms with Crippen molar-refractivity contribution in [1.29, 1.82) is 0 Å². The molecule has 1 heterocycles. The summed E-state index contributed by atoms with van der Waals surface area (Å²) in [5.74, 6) is 1.52. The monoisotopic (exact) mass is 430 g/mol. The van der Waals surface area contributed by atoms with Crippen LogP contribution < -0.4 is 10.1 Å². The number of halogens is 1. The SMILES string of the molecule is CCc1ccc(O[C@@H](C)c2nnc(SCC(=O)Nc3ccccc3Cl)n2C)cc1. The number of thioether (sulfide) groups is 1. The number of rotatable bonds is 8. The minimum atomic E-state index is -0.272. The summed E-state index contributed by atoms with van der Waals surface area (Å²) >= 11 is 7.38. The molecule has 0 aliphatic rings. The lowest BCUT2D eigenvalue weighted by atomic mass is 10.2. The Kier molecular flexibility index (Phi) is 7.17. The summed E-state index contributed by atoms with van der Waals surface area (Å²) in [6.07, 6.45) is 0.718. The highest BCUT2D eigenvalue weighted by molar-refractivity contribution is 7.99. The fourth-order valence-corrected chi connectivity index (χ4v) is 3.65. The Morgan fingerprint density at radius 2 is 1.93 bits per heavy atom. The molecule has 0 bridgehead atoms. The van der Waals surface area contributed by atoms with Gasteiger partial charge in [0, 0.05) is 7.05 Å². The maximum absolute atomic E-state index is 12.2. The lowest BCUT2D eigenvalue weighted by molar-refractivity contribution is -0.113. The van der Waals surface area contributed by atoms with E-state index in [0.717, 1.165) is 12.2 Å². The Bertz CT molecular complexity index is 975. The number of benzene rings is 2. The molecule has 3 rings (SSSR count). The van der Waals surface area contributed by atoms with Gasteiger partial charge in [0.15, 0.2) is 17.1 Å². The molecule has 8 heteroatoms. The van der Waals surface area contributed by atoms with Crippen molar-refractivity contribution in [2.24, 2.45) is 7.05 Å². The molecule has 2 aromatic carbocycles. The molecule has 1 aromatic heterocycles. The number of nitrogens with one attached hydrogen (secondary N) is 1. The van der Waals surface area contributed by atoms with E-state index in [4.69, 9.17) is 16.3 Å². The molecular weight excluding hydrogens is 408 g/mol. The Morgan fingerprint density at radius 3 is 2.62 bits per heavy atom. The first kappa shape index (κ1) is 21.2. The van der Waals surface area contributed by atoms with Crippen molar-refractivity contribution < 1.29 is 9.53 Å². The van der Waals surface area contributed by atoms with Gasteiger partial charge < -0.3 is 14.6 Å². The summed E-state index contributed by atoms with van der Waals surface area (Å²) in [5.41, 5.74) is 1.85. The topological polar surface area (TPSA) is 69.0 Å². The second-order valence-electron chi connectivity index (χ2n) is 6.47. The van der Waals surface area contributed by atoms with E-state index in [1.54, 1.807) is 12.1 Å². The number of nitrogens with zero attached hydrogens (tertiary/aromatic N) is 3. The zero-order valence-electron chi connectivity index (χ0n) is 16.6. The lowest BCUT2D eigenvalue weighted by Crippen LogP contribution is -2.15. The van der Waals surface area contributed by atoms with Crippen LogP contribution in [-0.4, -0.2) is 26.4 Å². The second kappa shape index (κ2) is 9.80. The van der Waals surface area contributed by atoms with E-state index in [1.165, 1.54) is 17.3 Å². The molecule has 29 heavy (non-hydrogen) atoms. The van der Waals surface area contributed by atoms with Crippen LogP contribution in [0.2, 0.25) is 5.02 Å². The summed E-state index contributed by atoms with van der Waals surface area (Å²) in [5, 5.41) is 12.4.